The van der Waals surface area contributed by atoms with E-state index >= 15 is 0 Å². The number of carbonyl (C=O) groups is 1. The highest BCUT2D eigenvalue weighted by molar-refractivity contribution is 7.18. The van der Waals surface area contributed by atoms with Crippen molar-refractivity contribution >= 4 is 33.1 Å². The van der Waals surface area contributed by atoms with Crippen LogP contribution in [-0.2, 0) is 11.2 Å². The first-order valence-electron chi connectivity index (χ1n) is 7.52. The summed E-state index contributed by atoms with van der Waals surface area (Å²) in [5.41, 5.74) is 2.16. The van der Waals surface area contributed by atoms with E-state index in [1.54, 1.807) is 23.5 Å². The van der Waals surface area contributed by atoms with Crippen LogP contribution >= 0.6 is 11.3 Å². The molecule has 0 saturated heterocycles. The van der Waals surface area contributed by atoms with Gasteiger partial charge in [-0.2, -0.15) is 0 Å². The SMILES string of the molecule is Cc1ccc(F)c(NC(=O)CCCc2nc3ccccc3s2)c1. The second-order valence-electron chi connectivity index (χ2n) is 5.46. The maximum Gasteiger partial charge on any atom is 0.224 e. The fourth-order valence-corrected chi connectivity index (χ4v) is 3.38. The van der Waals surface area contributed by atoms with E-state index < -0.39 is 5.82 Å². The normalized spacial score (nSPS) is 10.9. The van der Waals surface area contributed by atoms with Gasteiger partial charge in [-0.1, -0.05) is 18.2 Å². The number of hydrogen-bond acceptors (Lipinski definition) is 3. The van der Waals surface area contributed by atoms with Crippen molar-refractivity contribution in [1.29, 1.82) is 0 Å². The minimum atomic E-state index is -0.407. The van der Waals surface area contributed by atoms with E-state index in [4.69, 9.17) is 0 Å². The summed E-state index contributed by atoms with van der Waals surface area (Å²) < 4.78 is 14.8. The molecule has 0 unspecified atom stereocenters. The Morgan fingerprint density at radius 2 is 2.09 bits per heavy atom. The van der Waals surface area contributed by atoms with Gasteiger partial charge in [0.15, 0.2) is 0 Å². The molecule has 0 radical (unpaired) electrons. The third-order valence-corrected chi connectivity index (χ3v) is 4.62. The molecule has 3 nitrogen and oxygen atoms in total. The quantitative estimate of drug-likeness (QED) is 0.737. The molecular formula is C18H17FN2OS. The second kappa shape index (κ2) is 6.87. The highest BCUT2D eigenvalue weighted by atomic mass is 32.1. The Morgan fingerprint density at radius 3 is 2.91 bits per heavy atom. The molecule has 1 amide bonds. The number of thiazole rings is 1. The number of aryl methyl sites for hydroxylation is 2. The maximum atomic E-state index is 13.6. The zero-order chi connectivity index (χ0) is 16.2. The Morgan fingerprint density at radius 1 is 1.26 bits per heavy atom. The highest BCUT2D eigenvalue weighted by Crippen LogP contribution is 2.23. The molecular weight excluding hydrogens is 311 g/mol. The summed E-state index contributed by atoms with van der Waals surface area (Å²) >= 11 is 1.65. The van der Waals surface area contributed by atoms with Crippen molar-refractivity contribution in [3.8, 4) is 0 Å². The second-order valence-corrected chi connectivity index (χ2v) is 6.58. The average molecular weight is 328 g/mol. The molecule has 1 heterocycles. The molecule has 0 atom stereocenters. The van der Waals surface area contributed by atoms with Crippen LogP contribution in [0, 0.1) is 12.7 Å². The number of hydrogen-bond donors (Lipinski definition) is 1. The molecule has 118 valence electrons. The van der Waals surface area contributed by atoms with E-state index in [2.05, 4.69) is 10.3 Å². The fourth-order valence-electron chi connectivity index (χ4n) is 2.37. The van der Waals surface area contributed by atoms with E-state index in [1.807, 2.05) is 31.2 Å². The topological polar surface area (TPSA) is 42.0 Å². The minimum absolute atomic E-state index is 0.171. The molecule has 0 fully saturated rings. The first-order valence-corrected chi connectivity index (χ1v) is 8.34. The third-order valence-electron chi connectivity index (χ3n) is 3.53. The molecule has 3 rings (SSSR count). The molecule has 23 heavy (non-hydrogen) atoms. The van der Waals surface area contributed by atoms with Crippen molar-refractivity contribution in [2.75, 3.05) is 5.32 Å². The molecule has 5 heteroatoms. The van der Waals surface area contributed by atoms with Gasteiger partial charge in [0, 0.05) is 6.42 Å². The van der Waals surface area contributed by atoms with Crippen LogP contribution in [0.4, 0.5) is 10.1 Å². The number of benzene rings is 2. The van der Waals surface area contributed by atoms with Crippen LogP contribution in [0.15, 0.2) is 42.5 Å². The zero-order valence-electron chi connectivity index (χ0n) is 12.8. The summed E-state index contributed by atoms with van der Waals surface area (Å²) in [4.78, 5) is 16.5. The van der Waals surface area contributed by atoms with E-state index in [9.17, 15) is 9.18 Å². The van der Waals surface area contributed by atoms with Crippen molar-refractivity contribution < 1.29 is 9.18 Å². The van der Waals surface area contributed by atoms with Gasteiger partial charge < -0.3 is 5.32 Å². The van der Waals surface area contributed by atoms with Crippen LogP contribution < -0.4 is 5.32 Å². The van der Waals surface area contributed by atoms with Crippen LogP contribution in [0.1, 0.15) is 23.4 Å². The number of nitrogens with one attached hydrogen (secondary N) is 1. The monoisotopic (exact) mass is 328 g/mol. The predicted octanol–water partition coefficient (Wildman–Crippen LogP) is 4.71. The Hall–Kier alpha value is -2.27. The number of anilines is 1. The average Bonchev–Trinajstić information content (AvgIpc) is 2.93. The lowest BCUT2D eigenvalue weighted by Crippen LogP contribution is -2.12. The first kappa shape index (κ1) is 15.6. The van der Waals surface area contributed by atoms with Gasteiger partial charge in [-0.05, 0) is 49.6 Å². The molecule has 0 aliphatic rings. The van der Waals surface area contributed by atoms with Gasteiger partial charge in [0.2, 0.25) is 5.91 Å². The smallest absolute Gasteiger partial charge is 0.224 e. The third kappa shape index (κ3) is 3.93. The first-order chi connectivity index (χ1) is 11.1. The van der Waals surface area contributed by atoms with Gasteiger partial charge in [-0.3, -0.25) is 4.79 Å². The van der Waals surface area contributed by atoms with Gasteiger partial charge in [-0.15, -0.1) is 11.3 Å². The Kier molecular flexibility index (Phi) is 4.67. The van der Waals surface area contributed by atoms with Gasteiger partial charge in [-0.25, -0.2) is 9.37 Å². The van der Waals surface area contributed by atoms with Crippen molar-refractivity contribution in [2.45, 2.75) is 26.2 Å². The summed E-state index contributed by atoms with van der Waals surface area (Å²) in [5, 5.41) is 3.66. The molecule has 1 N–H and O–H groups in total. The van der Waals surface area contributed by atoms with Gasteiger partial charge >= 0.3 is 0 Å². The number of nitrogens with zero attached hydrogens (tertiary/aromatic N) is 1. The number of carbonyl (C=O) groups excluding carboxylic acids is 1. The number of aromatic nitrogens is 1. The molecule has 1 aromatic heterocycles. The van der Waals surface area contributed by atoms with Crippen molar-refractivity contribution in [1.82, 2.24) is 4.98 Å². The van der Waals surface area contributed by atoms with E-state index in [1.165, 1.54) is 6.07 Å². The molecule has 0 saturated carbocycles. The lowest BCUT2D eigenvalue weighted by molar-refractivity contribution is -0.116. The van der Waals surface area contributed by atoms with E-state index in [0.717, 1.165) is 27.2 Å². The number of para-hydroxylation sites is 1. The molecule has 0 bridgehead atoms. The number of halogens is 1. The largest absolute Gasteiger partial charge is 0.324 e. The Labute approximate surface area is 138 Å². The number of rotatable bonds is 5. The molecule has 0 spiro atoms. The van der Waals surface area contributed by atoms with Crippen LogP contribution in [0.3, 0.4) is 0 Å². The summed E-state index contributed by atoms with van der Waals surface area (Å²) in [6.07, 6.45) is 1.80. The number of amides is 1. The van der Waals surface area contributed by atoms with E-state index in [0.29, 0.717) is 12.8 Å². The van der Waals surface area contributed by atoms with Crippen molar-refractivity contribution in [3.63, 3.8) is 0 Å². The zero-order valence-corrected chi connectivity index (χ0v) is 13.6. The van der Waals surface area contributed by atoms with Gasteiger partial charge in [0.05, 0.1) is 20.9 Å². The molecule has 0 aliphatic carbocycles. The van der Waals surface area contributed by atoms with Crippen LogP contribution in [0.2, 0.25) is 0 Å². The van der Waals surface area contributed by atoms with Crippen LogP contribution in [0.5, 0.6) is 0 Å². The minimum Gasteiger partial charge on any atom is -0.324 e. The maximum absolute atomic E-state index is 13.6. The van der Waals surface area contributed by atoms with Crippen molar-refractivity contribution in [3.05, 3.63) is 58.9 Å². The number of fused-ring (bicyclic) bond motifs is 1. The van der Waals surface area contributed by atoms with Crippen LogP contribution in [0.25, 0.3) is 10.2 Å². The lowest BCUT2D eigenvalue weighted by atomic mass is 10.2. The van der Waals surface area contributed by atoms with E-state index in [-0.39, 0.29) is 11.6 Å². The van der Waals surface area contributed by atoms with Crippen LogP contribution in [-0.4, -0.2) is 10.9 Å². The Balaban J connectivity index is 1.53. The lowest BCUT2D eigenvalue weighted by Gasteiger charge is -2.07. The van der Waals surface area contributed by atoms with Gasteiger partial charge in [0.25, 0.3) is 0 Å². The summed E-state index contributed by atoms with van der Waals surface area (Å²) in [6.45, 7) is 1.86. The standard InChI is InChI=1S/C18H17FN2OS/c1-12-9-10-13(19)15(11-12)20-17(22)7-4-8-18-21-14-5-2-3-6-16(14)23-18/h2-3,5-6,9-11H,4,7-8H2,1H3,(H,20,22). The molecule has 3 aromatic rings. The molecule has 2 aromatic carbocycles. The Bertz CT molecular complexity index is 811. The summed E-state index contributed by atoms with van der Waals surface area (Å²) in [7, 11) is 0. The predicted molar refractivity (Wildman–Crippen MR) is 92.3 cm³/mol. The fraction of sp³-hybridized carbons (Fsp3) is 0.222. The summed E-state index contributed by atoms with van der Waals surface area (Å²) in [5.74, 6) is -0.578. The molecule has 0 aliphatic heterocycles. The van der Waals surface area contributed by atoms with Gasteiger partial charge in [0.1, 0.15) is 5.82 Å². The summed E-state index contributed by atoms with van der Waals surface area (Å²) in [6, 6.07) is 12.7. The highest BCUT2D eigenvalue weighted by Gasteiger charge is 2.08. The van der Waals surface area contributed by atoms with Crippen molar-refractivity contribution in [2.24, 2.45) is 0 Å².